The van der Waals surface area contributed by atoms with Gasteiger partial charge in [0.1, 0.15) is 0 Å². The van der Waals surface area contributed by atoms with Crippen LogP contribution in [0.25, 0.3) is 0 Å². The zero-order valence-corrected chi connectivity index (χ0v) is 9.44. The van der Waals surface area contributed by atoms with Crippen molar-refractivity contribution in [2.45, 2.75) is 4.90 Å². The van der Waals surface area contributed by atoms with Crippen LogP contribution in [-0.4, -0.2) is 31.6 Å². The summed E-state index contributed by atoms with van der Waals surface area (Å²) in [6.07, 6.45) is 0. The lowest BCUT2D eigenvalue weighted by atomic mass is 10.2. The molecule has 1 aromatic rings. The van der Waals surface area contributed by atoms with E-state index in [9.17, 15) is 13.2 Å². The smallest absolute Gasteiger partial charge is 0.278 e. The van der Waals surface area contributed by atoms with Gasteiger partial charge in [-0.05, 0) is 12.1 Å². The van der Waals surface area contributed by atoms with E-state index in [0.717, 1.165) is 12.5 Å². The largest absolute Gasteiger partial charge is 0.286 e. The number of rotatable bonds is 3. The summed E-state index contributed by atoms with van der Waals surface area (Å²) >= 11 is 0. The minimum Gasteiger partial charge on any atom is -0.286 e. The Morgan fingerprint density at radius 2 is 2.00 bits per heavy atom. The van der Waals surface area contributed by atoms with Gasteiger partial charge in [0, 0.05) is 12.5 Å². The first-order valence-corrected chi connectivity index (χ1v) is 5.88. The molecule has 0 radical (unpaired) electrons. The lowest BCUT2D eigenvalue weighted by Crippen LogP contribution is -2.24. The highest BCUT2D eigenvalue weighted by molar-refractivity contribution is 7.94. The Hall–Kier alpha value is -1.66. The zero-order valence-electron chi connectivity index (χ0n) is 8.62. The van der Waals surface area contributed by atoms with Crippen molar-refractivity contribution in [1.29, 1.82) is 0 Å². The third-order valence-electron chi connectivity index (χ3n) is 1.94. The molecule has 1 N–H and O–H groups in total. The fraction of sp³-hybridized carbons (Fsp3) is 0.100. The van der Waals surface area contributed by atoms with Crippen LogP contribution in [0.3, 0.4) is 0 Å². The number of amides is 1. The molecule has 0 bridgehead atoms. The van der Waals surface area contributed by atoms with Crippen molar-refractivity contribution in [2.75, 3.05) is 7.05 Å². The van der Waals surface area contributed by atoms with E-state index in [1.165, 1.54) is 24.3 Å². The van der Waals surface area contributed by atoms with Crippen LogP contribution in [0.1, 0.15) is 10.4 Å². The standard InChI is InChI=1S/C10H11NO4S/c1-3-16(14,15)9-7-5-4-6-8(9)10(12)11(2)13/h3-7,13H,1H2,2H3. The molecule has 0 spiro atoms. The number of hydrogen-bond acceptors (Lipinski definition) is 4. The molecule has 0 aliphatic carbocycles. The quantitative estimate of drug-likeness (QED) is 0.634. The molecule has 5 nitrogen and oxygen atoms in total. The van der Waals surface area contributed by atoms with Crippen LogP contribution in [0.5, 0.6) is 0 Å². The van der Waals surface area contributed by atoms with Crippen molar-refractivity contribution in [3.05, 3.63) is 41.8 Å². The number of benzene rings is 1. The molecule has 0 aliphatic heterocycles. The summed E-state index contributed by atoms with van der Waals surface area (Å²) in [6.45, 7) is 3.18. The number of carbonyl (C=O) groups is 1. The monoisotopic (exact) mass is 241 g/mol. The van der Waals surface area contributed by atoms with E-state index in [-0.39, 0.29) is 10.5 Å². The lowest BCUT2D eigenvalue weighted by molar-refractivity contribution is -0.0377. The minimum atomic E-state index is -3.70. The summed E-state index contributed by atoms with van der Waals surface area (Å²) in [5.41, 5.74) is -0.0904. The Morgan fingerprint density at radius 1 is 1.44 bits per heavy atom. The summed E-state index contributed by atoms with van der Waals surface area (Å²) in [5, 5.41) is 10.1. The van der Waals surface area contributed by atoms with Gasteiger partial charge < -0.3 is 0 Å². The van der Waals surface area contributed by atoms with E-state index >= 15 is 0 Å². The predicted octanol–water partition coefficient (Wildman–Crippen LogP) is 1.06. The van der Waals surface area contributed by atoms with E-state index in [1.807, 2.05) is 0 Å². The summed E-state index contributed by atoms with van der Waals surface area (Å²) in [4.78, 5) is 11.3. The van der Waals surface area contributed by atoms with Crippen LogP contribution in [0.2, 0.25) is 0 Å². The summed E-state index contributed by atoms with van der Waals surface area (Å²) in [6, 6.07) is 5.61. The van der Waals surface area contributed by atoms with Crippen LogP contribution >= 0.6 is 0 Å². The Bertz CT molecular complexity index is 519. The summed E-state index contributed by atoms with van der Waals surface area (Å²) in [7, 11) is -2.58. The first-order chi connectivity index (χ1) is 7.40. The van der Waals surface area contributed by atoms with Crippen molar-refractivity contribution >= 4 is 15.7 Å². The topological polar surface area (TPSA) is 74.7 Å². The maximum Gasteiger partial charge on any atom is 0.278 e. The van der Waals surface area contributed by atoms with Crippen LogP contribution in [0.15, 0.2) is 41.1 Å². The first-order valence-electron chi connectivity index (χ1n) is 4.33. The van der Waals surface area contributed by atoms with Gasteiger partial charge in [0.2, 0.25) is 0 Å². The van der Waals surface area contributed by atoms with Crippen LogP contribution in [0, 0.1) is 0 Å². The lowest BCUT2D eigenvalue weighted by Gasteiger charge is -2.11. The Balaban J connectivity index is 3.43. The molecule has 0 unspecified atom stereocenters. The van der Waals surface area contributed by atoms with Crippen molar-refractivity contribution in [2.24, 2.45) is 0 Å². The third kappa shape index (κ3) is 2.29. The molecule has 86 valence electrons. The Kier molecular flexibility index (Phi) is 3.46. The van der Waals surface area contributed by atoms with Crippen LogP contribution in [0.4, 0.5) is 0 Å². The molecule has 1 aromatic carbocycles. The van der Waals surface area contributed by atoms with Gasteiger partial charge in [-0.15, -0.1) is 0 Å². The number of sulfone groups is 1. The molecule has 0 aromatic heterocycles. The van der Waals surface area contributed by atoms with Gasteiger partial charge in [-0.25, -0.2) is 13.5 Å². The van der Waals surface area contributed by atoms with Gasteiger partial charge in [-0.3, -0.25) is 10.0 Å². The second-order valence-corrected chi connectivity index (χ2v) is 4.90. The number of hydroxylamine groups is 2. The van der Waals surface area contributed by atoms with Gasteiger partial charge in [0.25, 0.3) is 5.91 Å². The van der Waals surface area contributed by atoms with E-state index in [0.29, 0.717) is 5.06 Å². The molecule has 0 saturated heterocycles. The average molecular weight is 241 g/mol. The van der Waals surface area contributed by atoms with E-state index in [1.54, 1.807) is 0 Å². The number of carbonyl (C=O) groups excluding carboxylic acids is 1. The highest BCUT2D eigenvalue weighted by Gasteiger charge is 2.21. The highest BCUT2D eigenvalue weighted by Crippen LogP contribution is 2.18. The normalized spacial score (nSPS) is 10.9. The van der Waals surface area contributed by atoms with Crippen LogP contribution in [-0.2, 0) is 9.84 Å². The first kappa shape index (κ1) is 12.4. The fourth-order valence-corrected chi connectivity index (χ4v) is 2.07. The van der Waals surface area contributed by atoms with Crippen molar-refractivity contribution in [3.63, 3.8) is 0 Å². The number of hydrogen-bond donors (Lipinski definition) is 1. The molecular weight excluding hydrogens is 230 g/mol. The molecule has 0 saturated carbocycles. The maximum atomic E-state index is 11.6. The van der Waals surface area contributed by atoms with Crippen molar-refractivity contribution < 1.29 is 18.4 Å². The second kappa shape index (κ2) is 4.46. The third-order valence-corrected chi connectivity index (χ3v) is 3.35. The van der Waals surface area contributed by atoms with E-state index in [4.69, 9.17) is 5.21 Å². The van der Waals surface area contributed by atoms with Gasteiger partial charge in [0.15, 0.2) is 9.84 Å². The summed E-state index contributed by atoms with van der Waals surface area (Å²) < 4.78 is 23.2. The number of nitrogens with zero attached hydrogens (tertiary/aromatic N) is 1. The van der Waals surface area contributed by atoms with Gasteiger partial charge in [-0.2, -0.15) is 0 Å². The maximum absolute atomic E-state index is 11.6. The molecular formula is C10H11NO4S. The minimum absolute atomic E-state index is 0.0904. The Labute approximate surface area is 93.5 Å². The highest BCUT2D eigenvalue weighted by atomic mass is 32.2. The van der Waals surface area contributed by atoms with Crippen molar-refractivity contribution in [3.8, 4) is 0 Å². The van der Waals surface area contributed by atoms with E-state index < -0.39 is 15.7 Å². The summed E-state index contributed by atoms with van der Waals surface area (Å²) in [5.74, 6) is -0.791. The molecule has 16 heavy (non-hydrogen) atoms. The Morgan fingerprint density at radius 3 is 2.50 bits per heavy atom. The van der Waals surface area contributed by atoms with Crippen molar-refractivity contribution in [1.82, 2.24) is 5.06 Å². The van der Waals surface area contributed by atoms with Gasteiger partial charge in [-0.1, -0.05) is 18.7 Å². The SMILES string of the molecule is C=CS(=O)(=O)c1ccccc1C(=O)N(C)O. The molecule has 0 fully saturated rings. The van der Waals surface area contributed by atoms with Gasteiger partial charge in [0.05, 0.1) is 10.5 Å². The predicted molar refractivity (Wildman–Crippen MR) is 57.7 cm³/mol. The second-order valence-electron chi connectivity index (χ2n) is 3.04. The fourth-order valence-electron chi connectivity index (χ4n) is 1.16. The average Bonchev–Trinajstić information content (AvgIpc) is 2.28. The molecule has 6 heteroatoms. The molecule has 0 aliphatic rings. The molecule has 0 atom stereocenters. The van der Waals surface area contributed by atoms with Gasteiger partial charge >= 0.3 is 0 Å². The molecule has 1 amide bonds. The molecule has 0 heterocycles. The zero-order chi connectivity index (χ0) is 12.3. The van der Waals surface area contributed by atoms with Crippen LogP contribution < -0.4 is 0 Å². The van der Waals surface area contributed by atoms with E-state index in [2.05, 4.69) is 6.58 Å². The molecule has 1 rings (SSSR count).